The van der Waals surface area contributed by atoms with E-state index in [0.29, 0.717) is 6.04 Å². The Bertz CT molecular complexity index is 552. The van der Waals surface area contributed by atoms with Gasteiger partial charge >= 0.3 is 0 Å². The molecule has 0 saturated carbocycles. The first-order valence-electron chi connectivity index (χ1n) is 6.97. The van der Waals surface area contributed by atoms with Gasteiger partial charge in [-0.3, -0.25) is 9.67 Å². The maximum Gasteiger partial charge on any atom is 0.0718 e. The van der Waals surface area contributed by atoms with Gasteiger partial charge in [0.1, 0.15) is 0 Å². The van der Waals surface area contributed by atoms with Gasteiger partial charge in [0, 0.05) is 29.3 Å². The van der Waals surface area contributed by atoms with E-state index in [4.69, 9.17) is 0 Å². The lowest BCUT2D eigenvalue weighted by molar-refractivity contribution is 0.468. The van der Waals surface area contributed by atoms with E-state index in [9.17, 15) is 0 Å². The first-order valence-corrected chi connectivity index (χ1v) is 7.76. The zero-order chi connectivity index (χ0) is 14.5. The molecule has 20 heavy (non-hydrogen) atoms. The molecular weight excluding hydrogens is 316 g/mol. The molecule has 2 aromatic rings. The van der Waals surface area contributed by atoms with Crippen molar-refractivity contribution in [1.82, 2.24) is 20.1 Å². The predicted molar refractivity (Wildman–Crippen MR) is 84.7 cm³/mol. The van der Waals surface area contributed by atoms with Crippen LogP contribution in [-0.2, 0) is 6.42 Å². The van der Waals surface area contributed by atoms with Crippen LogP contribution in [0.2, 0.25) is 0 Å². The van der Waals surface area contributed by atoms with E-state index in [2.05, 4.69) is 57.4 Å². The molecule has 0 amide bonds. The maximum atomic E-state index is 4.66. The lowest BCUT2D eigenvalue weighted by Crippen LogP contribution is -2.21. The molecule has 4 nitrogen and oxygen atoms in total. The third-order valence-electron chi connectivity index (χ3n) is 3.58. The van der Waals surface area contributed by atoms with Crippen molar-refractivity contribution in [3.63, 3.8) is 0 Å². The number of pyridine rings is 1. The smallest absolute Gasteiger partial charge is 0.0718 e. The molecule has 1 N–H and O–H groups in total. The van der Waals surface area contributed by atoms with Crippen molar-refractivity contribution in [3.8, 4) is 0 Å². The fraction of sp³-hybridized carbons (Fsp3) is 0.467. The van der Waals surface area contributed by atoms with Gasteiger partial charge in [-0.1, -0.05) is 6.92 Å². The number of nitrogens with one attached hydrogen (secondary N) is 1. The van der Waals surface area contributed by atoms with Crippen molar-refractivity contribution < 1.29 is 0 Å². The quantitative estimate of drug-likeness (QED) is 0.877. The van der Waals surface area contributed by atoms with Crippen molar-refractivity contribution in [2.24, 2.45) is 0 Å². The molecule has 0 aliphatic carbocycles. The monoisotopic (exact) mass is 336 g/mol. The van der Waals surface area contributed by atoms with Crippen molar-refractivity contribution in [3.05, 3.63) is 46.5 Å². The summed E-state index contributed by atoms with van der Waals surface area (Å²) < 4.78 is 3.07. The largest absolute Gasteiger partial charge is 0.311 e. The summed E-state index contributed by atoms with van der Waals surface area (Å²) in [5.41, 5.74) is 2.11. The van der Waals surface area contributed by atoms with Crippen LogP contribution in [0.25, 0.3) is 0 Å². The summed E-state index contributed by atoms with van der Waals surface area (Å²) in [7, 11) is 1.96. The summed E-state index contributed by atoms with van der Waals surface area (Å²) in [6, 6.07) is 6.64. The number of hydrogen-bond acceptors (Lipinski definition) is 3. The van der Waals surface area contributed by atoms with E-state index in [1.54, 1.807) is 0 Å². The van der Waals surface area contributed by atoms with Gasteiger partial charge in [0.2, 0.25) is 0 Å². The van der Waals surface area contributed by atoms with Gasteiger partial charge in [-0.15, -0.1) is 0 Å². The van der Waals surface area contributed by atoms with Crippen molar-refractivity contribution in [1.29, 1.82) is 0 Å². The zero-order valence-electron chi connectivity index (χ0n) is 12.2. The Morgan fingerprint density at radius 2 is 2.20 bits per heavy atom. The molecular formula is C15H21BrN4. The van der Waals surface area contributed by atoms with E-state index in [1.165, 1.54) is 0 Å². The average molecular weight is 337 g/mol. The lowest BCUT2D eigenvalue weighted by Gasteiger charge is -2.16. The molecule has 2 aromatic heterocycles. The van der Waals surface area contributed by atoms with Crippen LogP contribution in [0, 0.1) is 0 Å². The van der Waals surface area contributed by atoms with E-state index in [-0.39, 0.29) is 6.04 Å². The third-order valence-corrected chi connectivity index (χ3v) is 4.26. The molecule has 2 rings (SSSR count). The number of nitrogens with zero attached hydrogens (tertiary/aromatic N) is 3. The average Bonchev–Trinajstić information content (AvgIpc) is 2.93. The zero-order valence-corrected chi connectivity index (χ0v) is 13.8. The second kappa shape index (κ2) is 6.99. The van der Waals surface area contributed by atoms with Crippen LogP contribution in [0.15, 0.2) is 35.1 Å². The highest BCUT2D eigenvalue weighted by Crippen LogP contribution is 2.23. The minimum absolute atomic E-state index is 0.158. The minimum atomic E-state index is 0.158. The highest BCUT2D eigenvalue weighted by molar-refractivity contribution is 9.10. The topological polar surface area (TPSA) is 42.7 Å². The molecule has 2 unspecified atom stereocenters. The van der Waals surface area contributed by atoms with Gasteiger partial charge in [-0.05, 0) is 54.5 Å². The van der Waals surface area contributed by atoms with Gasteiger partial charge in [-0.25, -0.2) is 0 Å². The van der Waals surface area contributed by atoms with Crippen molar-refractivity contribution in [2.45, 2.75) is 38.8 Å². The Morgan fingerprint density at radius 3 is 2.85 bits per heavy atom. The molecule has 108 valence electrons. The number of rotatable bonds is 6. The summed E-state index contributed by atoms with van der Waals surface area (Å²) in [5, 5.41) is 7.98. The molecule has 0 aromatic carbocycles. The van der Waals surface area contributed by atoms with Crippen LogP contribution in [0.1, 0.15) is 43.7 Å². The minimum Gasteiger partial charge on any atom is -0.311 e. The Labute approximate surface area is 128 Å². The molecule has 0 bridgehead atoms. The molecule has 0 fully saturated rings. The molecule has 0 aliphatic rings. The van der Waals surface area contributed by atoms with E-state index in [0.717, 1.165) is 28.7 Å². The third kappa shape index (κ3) is 3.46. The first-order chi connectivity index (χ1) is 9.65. The SMILES string of the molecule is CCC(C)n1ccc(CC(NC)c2ncccc2Br)n1. The number of halogens is 1. The van der Waals surface area contributed by atoms with E-state index in [1.807, 2.05) is 30.1 Å². The Morgan fingerprint density at radius 1 is 1.40 bits per heavy atom. The molecule has 0 aliphatic heterocycles. The summed E-state index contributed by atoms with van der Waals surface area (Å²) in [6.07, 6.45) is 5.80. The number of hydrogen-bond donors (Lipinski definition) is 1. The van der Waals surface area contributed by atoms with Gasteiger partial charge in [-0.2, -0.15) is 5.10 Å². The lowest BCUT2D eigenvalue weighted by atomic mass is 10.1. The second-order valence-electron chi connectivity index (χ2n) is 4.96. The van der Waals surface area contributed by atoms with Crippen LogP contribution in [0.4, 0.5) is 0 Å². The van der Waals surface area contributed by atoms with Crippen molar-refractivity contribution in [2.75, 3.05) is 7.05 Å². The van der Waals surface area contributed by atoms with Gasteiger partial charge in [0.05, 0.1) is 17.4 Å². The number of aromatic nitrogens is 3. The summed E-state index contributed by atoms with van der Waals surface area (Å²) in [6.45, 7) is 4.36. The van der Waals surface area contributed by atoms with E-state index < -0.39 is 0 Å². The highest BCUT2D eigenvalue weighted by Gasteiger charge is 2.16. The number of likely N-dealkylation sites (N-methyl/N-ethyl adjacent to an activating group) is 1. The maximum absolute atomic E-state index is 4.66. The van der Waals surface area contributed by atoms with Crippen LogP contribution >= 0.6 is 15.9 Å². The molecule has 0 saturated heterocycles. The fourth-order valence-electron chi connectivity index (χ4n) is 2.12. The Balaban J connectivity index is 2.15. The Kier molecular flexibility index (Phi) is 5.31. The fourth-order valence-corrected chi connectivity index (χ4v) is 2.65. The molecule has 0 radical (unpaired) electrons. The Hall–Kier alpha value is -1.20. The normalized spacial score (nSPS) is 14.2. The van der Waals surface area contributed by atoms with E-state index >= 15 is 0 Å². The molecule has 0 spiro atoms. The van der Waals surface area contributed by atoms with Gasteiger partial charge < -0.3 is 5.32 Å². The predicted octanol–water partition coefficient (Wildman–Crippen LogP) is 3.51. The van der Waals surface area contributed by atoms with Gasteiger partial charge in [0.15, 0.2) is 0 Å². The van der Waals surface area contributed by atoms with Crippen LogP contribution in [0.5, 0.6) is 0 Å². The summed E-state index contributed by atoms with van der Waals surface area (Å²) in [4.78, 5) is 4.46. The van der Waals surface area contributed by atoms with Crippen LogP contribution in [0.3, 0.4) is 0 Å². The molecule has 2 atom stereocenters. The summed E-state index contributed by atoms with van der Waals surface area (Å²) >= 11 is 3.56. The van der Waals surface area contributed by atoms with Crippen LogP contribution in [-0.4, -0.2) is 21.8 Å². The van der Waals surface area contributed by atoms with Crippen LogP contribution < -0.4 is 5.32 Å². The standard InChI is InChI=1S/C15H21BrN4/c1-4-11(2)20-9-7-12(19-20)10-14(17-3)15-13(16)6-5-8-18-15/h5-9,11,14,17H,4,10H2,1-3H3. The summed E-state index contributed by atoms with van der Waals surface area (Å²) in [5.74, 6) is 0. The highest BCUT2D eigenvalue weighted by atomic mass is 79.9. The van der Waals surface area contributed by atoms with Crippen molar-refractivity contribution >= 4 is 15.9 Å². The first kappa shape index (κ1) is 15.2. The van der Waals surface area contributed by atoms with Gasteiger partial charge in [0.25, 0.3) is 0 Å². The molecule has 2 heterocycles. The second-order valence-corrected chi connectivity index (χ2v) is 5.81. The molecule has 5 heteroatoms.